The molecule has 0 aromatic rings. The van der Waals surface area contributed by atoms with Crippen LogP contribution >= 0.6 is 0 Å². The summed E-state index contributed by atoms with van der Waals surface area (Å²) in [6.45, 7) is 2.02. The van der Waals surface area contributed by atoms with Crippen LogP contribution in [0.2, 0.25) is 0 Å². The molecule has 0 aromatic heterocycles. The van der Waals surface area contributed by atoms with E-state index < -0.39 is 0 Å². The predicted octanol–water partition coefficient (Wildman–Crippen LogP) is 3.34. The first kappa shape index (κ1) is 15.8. The largest absolute Gasteiger partial charge is 0.340 e. The van der Waals surface area contributed by atoms with Crippen molar-refractivity contribution in [3.63, 3.8) is 0 Å². The van der Waals surface area contributed by atoms with Crippen molar-refractivity contribution in [2.45, 2.75) is 76.7 Å². The summed E-state index contributed by atoms with van der Waals surface area (Å²) in [5.41, 5.74) is 0. The molecule has 1 saturated carbocycles. The molecule has 1 atom stereocenters. The van der Waals surface area contributed by atoms with Crippen LogP contribution < -0.4 is 5.32 Å². The lowest BCUT2D eigenvalue weighted by molar-refractivity contribution is -0.135. The fourth-order valence-electron chi connectivity index (χ4n) is 3.89. The van der Waals surface area contributed by atoms with Gasteiger partial charge >= 0.3 is 0 Å². The Kier molecular flexibility index (Phi) is 6.85. The summed E-state index contributed by atoms with van der Waals surface area (Å²) in [6.07, 6.45) is 13.6. The van der Waals surface area contributed by atoms with Gasteiger partial charge in [0.1, 0.15) is 0 Å². The van der Waals surface area contributed by atoms with Gasteiger partial charge in [0.05, 0.1) is 0 Å². The fraction of sp³-hybridized carbons (Fsp3) is 0.941. The molecule has 1 heterocycles. The third-order valence-electron chi connectivity index (χ3n) is 5.17. The Balaban J connectivity index is 1.76. The molecule has 3 heteroatoms. The molecule has 2 fully saturated rings. The van der Waals surface area contributed by atoms with Crippen LogP contribution in [0.4, 0.5) is 0 Å². The number of hydrogen-bond acceptors (Lipinski definition) is 2. The van der Waals surface area contributed by atoms with Gasteiger partial charge in [0.25, 0.3) is 0 Å². The fourth-order valence-corrected chi connectivity index (χ4v) is 3.89. The van der Waals surface area contributed by atoms with E-state index in [4.69, 9.17) is 0 Å². The predicted molar refractivity (Wildman–Crippen MR) is 83.7 cm³/mol. The van der Waals surface area contributed by atoms with Crippen LogP contribution in [0.5, 0.6) is 0 Å². The molecule has 1 saturated heterocycles. The van der Waals surface area contributed by atoms with Crippen molar-refractivity contribution in [2.24, 2.45) is 5.92 Å². The molecule has 0 radical (unpaired) electrons. The van der Waals surface area contributed by atoms with Gasteiger partial charge in [0.15, 0.2) is 0 Å². The number of hydrogen-bond donors (Lipinski definition) is 1. The average Bonchev–Trinajstić information content (AvgIpc) is 2.52. The van der Waals surface area contributed by atoms with E-state index in [9.17, 15) is 4.79 Å². The topological polar surface area (TPSA) is 32.3 Å². The van der Waals surface area contributed by atoms with Crippen LogP contribution in [0.25, 0.3) is 0 Å². The normalized spacial score (nSPS) is 24.9. The highest BCUT2D eigenvalue weighted by Crippen LogP contribution is 2.28. The Hall–Kier alpha value is -0.570. The molecule has 2 aliphatic rings. The first-order valence-electron chi connectivity index (χ1n) is 8.75. The van der Waals surface area contributed by atoms with E-state index in [0.717, 1.165) is 38.3 Å². The first-order chi connectivity index (χ1) is 9.81. The van der Waals surface area contributed by atoms with E-state index in [1.807, 2.05) is 7.05 Å². The van der Waals surface area contributed by atoms with Crippen LogP contribution in [0.15, 0.2) is 0 Å². The van der Waals surface area contributed by atoms with Gasteiger partial charge in [-0.15, -0.1) is 0 Å². The molecular weight excluding hydrogens is 248 g/mol. The molecule has 20 heavy (non-hydrogen) atoms. The monoisotopic (exact) mass is 280 g/mol. The Morgan fingerprint density at radius 3 is 2.55 bits per heavy atom. The third kappa shape index (κ3) is 4.76. The Bertz CT molecular complexity index is 287. The van der Waals surface area contributed by atoms with Crippen molar-refractivity contribution in [3.05, 3.63) is 0 Å². The quantitative estimate of drug-likeness (QED) is 0.809. The van der Waals surface area contributed by atoms with E-state index in [1.165, 1.54) is 51.4 Å². The third-order valence-corrected chi connectivity index (χ3v) is 5.17. The number of amides is 1. The lowest BCUT2D eigenvalue weighted by Crippen LogP contribution is -2.44. The molecule has 0 aromatic carbocycles. The number of carbonyl (C=O) groups is 1. The second-order valence-corrected chi connectivity index (χ2v) is 6.67. The number of nitrogens with zero attached hydrogens (tertiary/aromatic N) is 1. The molecule has 2 rings (SSSR count). The van der Waals surface area contributed by atoms with Gasteiger partial charge in [-0.3, -0.25) is 4.79 Å². The first-order valence-corrected chi connectivity index (χ1v) is 8.75. The summed E-state index contributed by atoms with van der Waals surface area (Å²) in [4.78, 5) is 14.7. The molecule has 1 aliphatic carbocycles. The molecule has 116 valence electrons. The van der Waals surface area contributed by atoms with E-state index in [0.29, 0.717) is 11.9 Å². The maximum Gasteiger partial charge on any atom is 0.222 e. The molecule has 1 N–H and O–H groups in total. The lowest BCUT2D eigenvalue weighted by Gasteiger charge is -2.36. The molecule has 1 aliphatic heterocycles. The SMILES string of the molecule is CNCCC1CCCCN1C(=O)CCC1CCCCC1. The average molecular weight is 280 g/mol. The zero-order chi connectivity index (χ0) is 14.2. The van der Waals surface area contributed by atoms with Crippen LogP contribution in [-0.2, 0) is 4.79 Å². The summed E-state index contributed by atoms with van der Waals surface area (Å²) in [5.74, 6) is 1.25. The maximum atomic E-state index is 12.5. The summed E-state index contributed by atoms with van der Waals surface area (Å²) >= 11 is 0. The van der Waals surface area contributed by atoms with Crippen LogP contribution in [-0.4, -0.2) is 37.0 Å². The smallest absolute Gasteiger partial charge is 0.222 e. The number of carbonyl (C=O) groups excluding carboxylic acids is 1. The van der Waals surface area contributed by atoms with Gasteiger partial charge < -0.3 is 10.2 Å². The standard InChI is InChI=1S/C17H32N2O/c1-18-13-12-16-9-5-6-14-19(16)17(20)11-10-15-7-3-2-4-8-15/h15-16,18H,2-14H2,1H3. The molecule has 0 bridgehead atoms. The van der Waals surface area contributed by atoms with Crippen molar-refractivity contribution >= 4 is 5.91 Å². The van der Waals surface area contributed by atoms with Gasteiger partial charge in [-0.25, -0.2) is 0 Å². The zero-order valence-corrected chi connectivity index (χ0v) is 13.2. The summed E-state index contributed by atoms with van der Waals surface area (Å²) in [5, 5.41) is 3.22. The number of likely N-dealkylation sites (tertiary alicyclic amines) is 1. The van der Waals surface area contributed by atoms with Crippen LogP contribution in [0.1, 0.15) is 70.6 Å². The zero-order valence-electron chi connectivity index (χ0n) is 13.2. The highest BCUT2D eigenvalue weighted by molar-refractivity contribution is 5.76. The van der Waals surface area contributed by atoms with Gasteiger partial charge in [0.2, 0.25) is 5.91 Å². The highest BCUT2D eigenvalue weighted by atomic mass is 16.2. The highest BCUT2D eigenvalue weighted by Gasteiger charge is 2.26. The van der Waals surface area contributed by atoms with Gasteiger partial charge in [-0.05, 0) is 51.6 Å². The summed E-state index contributed by atoms with van der Waals surface area (Å²) in [7, 11) is 2.00. The van der Waals surface area contributed by atoms with Gasteiger partial charge in [0, 0.05) is 19.0 Å². The van der Waals surface area contributed by atoms with Gasteiger partial charge in [-0.1, -0.05) is 32.1 Å². The van der Waals surface area contributed by atoms with Crippen molar-refractivity contribution < 1.29 is 4.79 Å². The Morgan fingerprint density at radius 2 is 1.80 bits per heavy atom. The van der Waals surface area contributed by atoms with Crippen LogP contribution in [0.3, 0.4) is 0 Å². The molecular formula is C17H32N2O. The van der Waals surface area contributed by atoms with E-state index in [-0.39, 0.29) is 0 Å². The second-order valence-electron chi connectivity index (χ2n) is 6.67. The number of rotatable bonds is 6. The second kappa shape index (κ2) is 8.66. The molecule has 3 nitrogen and oxygen atoms in total. The van der Waals surface area contributed by atoms with Crippen LogP contribution in [0, 0.1) is 5.92 Å². The summed E-state index contributed by atoms with van der Waals surface area (Å²) < 4.78 is 0. The molecule has 1 amide bonds. The Morgan fingerprint density at radius 1 is 1.05 bits per heavy atom. The van der Waals surface area contributed by atoms with E-state index in [2.05, 4.69) is 10.2 Å². The van der Waals surface area contributed by atoms with Gasteiger partial charge in [-0.2, -0.15) is 0 Å². The number of nitrogens with one attached hydrogen (secondary N) is 1. The lowest BCUT2D eigenvalue weighted by atomic mass is 9.86. The minimum Gasteiger partial charge on any atom is -0.340 e. The van der Waals surface area contributed by atoms with Crippen molar-refractivity contribution in [1.82, 2.24) is 10.2 Å². The summed E-state index contributed by atoms with van der Waals surface area (Å²) in [6, 6.07) is 0.495. The minimum atomic E-state index is 0.427. The maximum absolute atomic E-state index is 12.5. The van der Waals surface area contributed by atoms with Crippen molar-refractivity contribution in [2.75, 3.05) is 20.1 Å². The molecule has 1 unspecified atom stereocenters. The van der Waals surface area contributed by atoms with E-state index >= 15 is 0 Å². The van der Waals surface area contributed by atoms with Crippen molar-refractivity contribution in [1.29, 1.82) is 0 Å². The Labute approximate surface area is 124 Å². The van der Waals surface area contributed by atoms with E-state index in [1.54, 1.807) is 0 Å². The minimum absolute atomic E-state index is 0.427. The number of piperidine rings is 1. The van der Waals surface area contributed by atoms with Crippen molar-refractivity contribution in [3.8, 4) is 0 Å². The molecule has 0 spiro atoms.